The van der Waals surface area contributed by atoms with E-state index in [4.69, 9.17) is 23.7 Å². The zero-order valence-electron chi connectivity index (χ0n) is 28.0. The van der Waals surface area contributed by atoms with Gasteiger partial charge in [-0.3, -0.25) is 15.0 Å². The number of likely N-dealkylation sites (tertiary alicyclic amines) is 1. The number of benzene rings is 3. The molecule has 11 nitrogen and oxygen atoms in total. The van der Waals surface area contributed by atoms with Crippen molar-refractivity contribution in [2.45, 2.75) is 69.6 Å². The number of β-amino-alcohol motifs (C(OH)–C–C–N with tert-alkyl or cyclic N) is 1. The number of rotatable bonds is 13. The Hall–Kier alpha value is -4.37. The highest BCUT2D eigenvalue weighted by Gasteiger charge is 2.57. The van der Waals surface area contributed by atoms with Gasteiger partial charge in [0.1, 0.15) is 11.9 Å². The van der Waals surface area contributed by atoms with Gasteiger partial charge in [0.05, 0.1) is 24.7 Å². The molecule has 2 saturated heterocycles. The largest absolute Gasteiger partial charge is 0.497 e. The molecule has 1 atom stereocenters. The van der Waals surface area contributed by atoms with Gasteiger partial charge >= 0.3 is 6.18 Å². The van der Waals surface area contributed by atoms with Crippen LogP contribution in [0.1, 0.15) is 42.9 Å². The van der Waals surface area contributed by atoms with Crippen LogP contribution in [0.15, 0.2) is 66.9 Å². The molecule has 1 aromatic heterocycles. The fraction of sp³-hybridized carbons (Fsp3) is 0.444. The highest BCUT2D eigenvalue weighted by Crippen LogP contribution is 2.44. The first kappa shape index (κ1) is 35.5. The molecule has 4 aromatic rings. The molecule has 0 saturated carbocycles. The van der Waals surface area contributed by atoms with E-state index in [1.807, 2.05) is 25.1 Å². The van der Waals surface area contributed by atoms with Crippen molar-refractivity contribution in [3.63, 3.8) is 0 Å². The molecular weight excluding hydrogens is 659 g/mol. The summed E-state index contributed by atoms with van der Waals surface area (Å²) in [5.41, 5.74) is -1.92. The van der Waals surface area contributed by atoms with Crippen molar-refractivity contribution < 1.29 is 46.9 Å². The Morgan fingerprint density at radius 3 is 2.28 bits per heavy atom. The Labute approximate surface area is 287 Å². The molecule has 50 heavy (non-hydrogen) atoms. The third-order valence-corrected chi connectivity index (χ3v) is 9.37. The number of nitro benzene ring substituents is 1. The minimum atomic E-state index is -5.05. The standard InChI is InChI=1S/C36H40F3N3O8/c1-23-48-34(49-23)13-7-24-6-12-32(33(18-24)47-3)50-28-14-16-40(17-15-28)22-35(43,36(37,38)39)30-21-41(20-25-4-9-27(46-2)10-5-25)31-19-26(42(44)45)8-11-29(30)31/h4-6,8-12,18-19,21,23,28,34,43H,7,13-17,20,22H2,1-3H3. The summed E-state index contributed by atoms with van der Waals surface area (Å²) in [6, 6.07) is 16.3. The lowest BCUT2D eigenvalue weighted by Gasteiger charge is -2.39. The summed E-state index contributed by atoms with van der Waals surface area (Å²) in [5.74, 6) is 1.72. The smallest absolute Gasteiger partial charge is 0.422 e. The van der Waals surface area contributed by atoms with Crippen LogP contribution in [0.2, 0.25) is 0 Å². The summed E-state index contributed by atoms with van der Waals surface area (Å²) >= 11 is 0. The van der Waals surface area contributed by atoms with Crippen LogP contribution in [-0.4, -0.2) is 78.2 Å². The van der Waals surface area contributed by atoms with Crippen LogP contribution in [0, 0.1) is 10.1 Å². The molecule has 0 aliphatic carbocycles. The van der Waals surface area contributed by atoms with E-state index in [2.05, 4.69) is 0 Å². The molecule has 14 heteroatoms. The van der Waals surface area contributed by atoms with Crippen LogP contribution < -0.4 is 14.2 Å². The molecule has 0 spiro atoms. The van der Waals surface area contributed by atoms with Crippen LogP contribution >= 0.6 is 0 Å². The van der Waals surface area contributed by atoms with Crippen LogP contribution in [0.3, 0.4) is 0 Å². The van der Waals surface area contributed by atoms with E-state index in [0.717, 1.165) is 23.6 Å². The van der Waals surface area contributed by atoms with Gasteiger partial charge < -0.3 is 33.4 Å². The van der Waals surface area contributed by atoms with Gasteiger partial charge in [-0.1, -0.05) is 18.2 Å². The molecule has 0 radical (unpaired) electrons. The van der Waals surface area contributed by atoms with E-state index >= 15 is 0 Å². The number of fused-ring (bicyclic) bond motifs is 1. The van der Waals surface area contributed by atoms with Crippen molar-refractivity contribution in [2.75, 3.05) is 33.9 Å². The molecule has 3 aromatic carbocycles. The van der Waals surface area contributed by atoms with E-state index in [0.29, 0.717) is 36.5 Å². The van der Waals surface area contributed by atoms with Gasteiger partial charge in [-0.2, -0.15) is 13.2 Å². The average molecular weight is 700 g/mol. The van der Waals surface area contributed by atoms with Gasteiger partial charge in [-0.15, -0.1) is 0 Å². The molecule has 268 valence electrons. The number of hydrogen-bond acceptors (Lipinski definition) is 9. The summed E-state index contributed by atoms with van der Waals surface area (Å²) in [6.07, 6.45) is -2.16. The second-order valence-corrected chi connectivity index (χ2v) is 12.7. The van der Waals surface area contributed by atoms with Crippen molar-refractivity contribution in [1.29, 1.82) is 0 Å². The van der Waals surface area contributed by atoms with E-state index in [9.17, 15) is 28.4 Å². The Morgan fingerprint density at radius 2 is 1.66 bits per heavy atom. The Bertz CT molecular complexity index is 1800. The number of aromatic nitrogens is 1. The molecular formula is C36H40F3N3O8. The average Bonchev–Trinajstić information content (AvgIpc) is 3.45. The van der Waals surface area contributed by atoms with Gasteiger partial charge in [-0.05, 0) is 67.6 Å². The number of nitro groups is 1. The number of aryl methyl sites for hydroxylation is 1. The fourth-order valence-corrected chi connectivity index (χ4v) is 6.62. The Balaban J connectivity index is 1.18. The number of halogens is 3. The van der Waals surface area contributed by atoms with Crippen molar-refractivity contribution in [3.05, 3.63) is 93.7 Å². The summed E-state index contributed by atoms with van der Waals surface area (Å²) in [7, 11) is 3.08. The van der Waals surface area contributed by atoms with Gasteiger partial charge in [0, 0.05) is 61.9 Å². The minimum Gasteiger partial charge on any atom is -0.497 e. The van der Waals surface area contributed by atoms with E-state index in [1.54, 1.807) is 36.3 Å². The summed E-state index contributed by atoms with van der Waals surface area (Å²) in [5, 5.41) is 23.3. The number of hydrogen-bond donors (Lipinski definition) is 1. The zero-order valence-corrected chi connectivity index (χ0v) is 28.0. The maximum absolute atomic E-state index is 15.0. The highest BCUT2D eigenvalue weighted by atomic mass is 19.4. The number of non-ortho nitro benzene ring substituents is 1. The predicted octanol–water partition coefficient (Wildman–Crippen LogP) is 6.56. The maximum atomic E-state index is 15.0. The van der Waals surface area contributed by atoms with Gasteiger partial charge in [-0.25, -0.2) is 0 Å². The van der Waals surface area contributed by atoms with Crippen LogP contribution in [0.5, 0.6) is 17.2 Å². The van der Waals surface area contributed by atoms with Gasteiger partial charge in [0.2, 0.25) is 5.60 Å². The third kappa shape index (κ3) is 7.53. The summed E-state index contributed by atoms with van der Waals surface area (Å²) in [6.45, 7) is 1.74. The summed E-state index contributed by atoms with van der Waals surface area (Å²) in [4.78, 5) is 12.6. The SMILES string of the molecule is COc1ccc(Cn2cc(C(O)(CN3CCC(Oc4ccc(CCC5OC(C)O5)cc4OC)CC3)C(F)(F)F)c3ccc([N+](=O)[O-])cc32)cc1. The lowest BCUT2D eigenvalue weighted by molar-refractivity contribution is -0.384. The van der Waals surface area contributed by atoms with E-state index < -0.39 is 23.2 Å². The van der Waals surface area contributed by atoms with E-state index in [1.165, 1.54) is 30.0 Å². The quantitative estimate of drug-likeness (QED) is 0.122. The molecule has 0 amide bonds. The minimum absolute atomic E-state index is 0.0833. The first-order chi connectivity index (χ1) is 23.9. The normalized spacial score (nSPS) is 19.9. The van der Waals surface area contributed by atoms with Crippen molar-refractivity contribution in [3.8, 4) is 17.2 Å². The molecule has 1 N–H and O–H groups in total. The van der Waals surface area contributed by atoms with Gasteiger partial charge in [0.25, 0.3) is 5.69 Å². The predicted molar refractivity (Wildman–Crippen MR) is 177 cm³/mol. The zero-order chi connectivity index (χ0) is 35.6. The van der Waals surface area contributed by atoms with Crippen molar-refractivity contribution >= 4 is 16.6 Å². The highest BCUT2D eigenvalue weighted by molar-refractivity contribution is 5.87. The second kappa shape index (κ2) is 14.5. The van der Waals surface area contributed by atoms with Gasteiger partial charge in [0.15, 0.2) is 24.1 Å². The fourth-order valence-electron chi connectivity index (χ4n) is 6.62. The molecule has 1 unspecified atom stereocenters. The van der Waals surface area contributed by atoms with Crippen LogP contribution in [0.25, 0.3) is 10.9 Å². The molecule has 2 fully saturated rings. The number of alkyl halides is 3. The Morgan fingerprint density at radius 1 is 0.960 bits per heavy atom. The van der Waals surface area contributed by atoms with Crippen molar-refractivity contribution in [2.24, 2.45) is 0 Å². The van der Waals surface area contributed by atoms with Crippen molar-refractivity contribution in [1.82, 2.24) is 9.47 Å². The molecule has 0 bridgehead atoms. The number of ether oxygens (including phenoxy) is 5. The topological polar surface area (TPSA) is 118 Å². The first-order valence-electron chi connectivity index (χ1n) is 16.4. The molecule has 2 aliphatic heterocycles. The maximum Gasteiger partial charge on any atom is 0.422 e. The number of methoxy groups -OCH3 is 2. The number of aliphatic hydroxyl groups is 1. The van der Waals surface area contributed by atoms with Crippen LogP contribution in [0.4, 0.5) is 18.9 Å². The van der Waals surface area contributed by atoms with Crippen LogP contribution in [-0.2, 0) is 28.0 Å². The number of nitrogens with zero attached hydrogens (tertiary/aromatic N) is 3. The molecule has 3 heterocycles. The lowest BCUT2D eigenvalue weighted by atomic mass is 9.91. The molecule has 6 rings (SSSR count). The monoisotopic (exact) mass is 699 g/mol. The van der Waals surface area contributed by atoms with E-state index in [-0.39, 0.29) is 60.5 Å². The number of piperidine rings is 1. The first-order valence-corrected chi connectivity index (χ1v) is 16.4. The third-order valence-electron chi connectivity index (χ3n) is 9.37. The molecule has 2 aliphatic rings. The Kier molecular flexibility index (Phi) is 10.3. The lowest BCUT2D eigenvalue weighted by Crippen LogP contribution is -2.53. The second-order valence-electron chi connectivity index (χ2n) is 12.7. The summed E-state index contributed by atoms with van der Waals surface area (Å²) < 4.78 is 74.4.